The lowest BCUT2D eigenvalue weighted by Crippen LogP contribution is -2.48. The molecule has 32 heavy (non-hydrogen) atoms. The molecule has 1 amide bonds. The molecule has 0 aliphatic rings. The van der Waals surface area contributed by atoms with Crippen LogP contribution in [0.4, 0.5) is 0 Å². The molecule has 0 radical (unpaired) electrons. The average molecular weight is 460 g/mol. The summed E-state index contributed by atoms with van der Waals surface area (Å²) in [4.78, 5) is 12.7. The molecule has 0 aliphatic heterocycles. The summed E-state index contributed by atoms with van der Waals surface area (Å²) in [5.74, 6) is -0.221. The Bertz CT molecular complexity index is 1120. The van der Waals surface area contributed by atoms with Gasteiger partial charge in [0.2, 0.25) is 5.88 Å². The summed E-state index contributed by atoms with van der Waals surface area (Å²) in [7, 11) is -1.54. The van der Waals surface area contributed by atoms with Gasteiger partial charge in [0, 0.05) is 17.3 Å². The second kappa shape index (κ2) is 9.81. The number of ether oxygens (including phenoxy) is 2. The second-order valence-electron chi connectivity index (χ2n) is 8.23. The van der Waals surface area contributed by atoms with Crippen molar-refractivity contribution in [2.75, 3.05) is 25.7 Å². The quantitative estimate of drug-likeness (QED) is 0.468. The maximum atomic E-state index is 12.7. The van der Waals surface area contributed by atoms with Gasteiger partial charge in [0.25, 0.3) is 5.91 Å². The molecule has 1 aromatic heterocycles. The van der Waals surface area contributed by atoms with Gasteiger partial charge in [-0.25, -0.2) is 0 Å². The van der Waals surface area contributed by atoms with Crippen LogP contribution < -0.4 is 10.1 Å². The van der Waals surface area contributed by atoms with Gasteiger partial charge < -0.3 is 19.3 Å². The first kappa shape index (κ1) is 23.9. The Balaban J connectivity index is 1.89. The van der Waals surface area contributed by atoms with E-state index in [4.69, 9.17) is 9.47 Å². The van der Waals surface area contributed by atoms with Crippen molar-refractivity contribution in [1.29, 1.82) is 0 Å². The van der Waals surface area contributed by atoms with Crippen molar-refractivity contribution in [3.63, 3.8) is 0 Å². The van der Waals surface area contributed by atoms with Gasteiger partial charge >= 0.3 is 0 Å². The SMILES string of the molecule is COCc1ccc2c(c1)c(OC(C)(C)C(=O)NCC[S+](C)(=O)[O-])nn2Cc1ccccc1. The van der Waals surface area contributed by atoms with E-state index in [0.29, 0.717) is 19.0 Å². The largest absolute Gasteiger partial charge is 0.615 e. The van der Waals surface area contributed by atoms with Crippen LogP contribution in [0, 0.1) is 0 Å². The molecule has 172 valence electrons. The third-order valence-electron chi connectivity index (χ3n) is 4.92. The van der Waals surface area contributed by atoms with Crippen molar-refractivity contribution in [3.05, 3.63) is 59.7 Å². The number of amides is 1. The van der Waals surface area contributed by atoms with E-state index in [0.717, 1.165) is 28.3 Å². The Morgan fingerprint density at radius 1 is 1.19 bits per heavy atom. The summed E-state index contributed by atoms with van der Waals surface area (Å²) >= 11 is 0. The number of carbonyl (C=O) groups is 1. The summed E-state index contributed by atoms with van der Waals surface area (Å²) < 4.78 is 35.8. The molecular weight excluding hydrogens is 430 g/mol. The number of rotatable bonds is 10. The van der Waals surface area contributed by atoms with Gasteiger partial charge in [-0.3, -0.25) is 9.48 Å². The van der Waals surface area contributed by atoms with E-state index >= 15 is 0 Å². The molecule has 3 rings (SSSR count). The lowest BCUT2D eigenvalue weighted by molar-refractivity contribution is -0.134. The van der Waals surface area contributed by atoms with Crippen molar-refractivity contribution in [2.45, 2.75) is 32.6 Å². The first-order valence-corrected chi connectivity index (χ1v) is 12.3. The standard InChI is InChI=1S/C23H29N3O5S/c1-23(2,22(27)24-12-13-32(4,28)29)31-21-19-14-18(16-30-3)10-11-20(19)26(25-21)15-17-8-6-5-7-9-17/h5-11,14H,12-13,15-16H2,1-4H3,(H-,24,27,28,29). The molecule has 0 spiro atoms. The Kier molecular flexibility index (Phi) is 7.33. The molecule has 0 fully saturated rings. The number of hydrogen-bond acceptors (Lipinski definition) is 6. The molecule has 0 bridgehead atoms. The van der Waals surface area contributed by atoms with Gasteiger partial charge in [0.05, 0.1) is 36.9 Å². The third kappa shape index (κ3) is 6.15. The smallest absolute Gasteiger partial charge is 0.263 e. The number of benzene rings is 2. The summed E-state index contributed by atoms with van der Waals surface area (Å²) in [5, 5.41) is 8.05. The zero-order valence-corrected chi connectivity index (χ0v) is 19.6. The number of nitrogens with one attached hydrogen (secondary N) is 1. The lowest BCUT2D eigenvalue weighted by atomic mass is 10.1. The van der Waals surface area contributed by atoms with Gasteiger partial charge in [-0.2, -0.15) is 0 Å². The molecule has 9 heteroatoms. The van der Waals surface area contributed by atoms with Gasteiger partial charge in [-0.05, 0) is 37.1 Å². The van der Waals surface area contributed by atoms with Crippen LogP contribution in [-0.2, 0) is 37.1 Å². The highest BCUT2D eigenvalue weighted by Crippen LogP contribution is 2.30. The fraction of sp³-hybridized carbons (Fsp3) is 0.391. The van der Waals surface area contributed by atoms with E-state index in [-0.39, 0.29) is 12.3 Å². The molecule has 0 saturated heterocycles. The van der Waals surface area contributed by atoms with E-state index in [1.807, 2.05) is 53.2 Å². The van der Waals surface area contributed by atoms with Gasteiger partial charge in [0.1, 0.15) is 5.75 Å². The fourth-order valence-electron chi connectivity index (χ4n) is 3.26. The molecule has 0 aliphatic carbocycles. The number of sulfone groups is 1. The van der Waals surface area contributed by atoms with Crippen molar-refractivity contribution >= 4 is 27.0 Å². The summed E-state index contributed by atoms with van der Waals surface area (Å²) in [6, 6.07) is 15.8. The molecule has 1 heterocycles. The summed E-state index contributed by atoms with van der Waals surface area (Å²) in [6.07, 6.45) is 1.13. The molecule has 0 saturated carbocycles. The van der Waals surface area contributed by atoms with Crippen molar-refractivity contribution in [2.24, 2.45) is 0 Å². The highest BCUT2D eigenvalue weighted by Gasteiger charge is 2.32. The molecule has 1 atom stereocenters. The van der Waals surface area contributed by atoms with Crippen LogP contribution in [-0.4, -0.2) is 51.5 Å². The summed E-state index contributed by atoms with van der Waals surface area (Å²) in [5.41, 5.74) is 1.66. The van der Waals surface area contributed by atoms with Crippen LogP contribution in [0.2, 0.25) is 0 Å². The van der Waals surface area contributed by atoms with Crippen LogP contribution in [0.5, 0.6) is 5.88 Å². The van der Waals surface area contributed by atoms with Crippen LogP contribution >= 0.6 is 0 Å². The van der Waals surface area contributed by atoms with Crippen molar-refractivity contribution < 1.29 is 23.0 Å². The van der Waals surface area contributed by atoms with Gasteiger partial charge in [0.15, 0.2) is 5.60 Å². The number of aromatic nitrogens is 2. The number of fused-ring (bicyclic) bond motifs is 1. The predicted octanol–water partition coefficient (Wildman–Crippen LogP) is 2.76. The van der Waals surface area contributed by atoms with Gasteiger partial charge in [-0.15, -0.1) is 9.31 Å². The van der Waals surface area contributed by atoms with Crippen LogP contribution in [0.1, 0.15) is 25.0 Å². The Hall–Kier alpha value is -2.75. The maximum absolute atomic E-state index is 12.7. The van der Waals surface area contributed by atoms with Crippen LogP contribution in [0.3, 0.4) is 0 Å². The van der Waals surface area contributed by atoms with E-state index in [1.165, 1.54) is 0 Å². The predicted molar refractivity (Wildman–Crippen MR) is 123 cm³/mol. The Labute approximate surface area is 189 Å². The molecular formula is C23H29N3O5S. The number of carbonyl (C=O) groups excluding carboxylic acids is 1. The molecule has 1 N–H and O–H groups in total. The van der Waals surface area contributed by atoms with E-state index < -0.39 is 21.7 Å². The highest BCUT2D eigenvalue weighted by molar-refractivity contribution is 7.96. The minimum atomic E-state index is -3.17. The Morgan fingerprint density at radius 2 is 1.91 bits per heavy atom. The molecule has 8 nitrogen and oxygen atoms in total. The minimum absolute atomic E-state index is 0.0195. The molecule has 1 unspecified atom stereocenters. The van der Waals surface area contributed by atoms with Crippen LogP contribution in [0.25, 0.3) is 10.9 Å². The fourth-order valence-corrected chi connectivity index (χ4v) is 3.73. The van der Waals surface area contributed by atoms with Crippen molar-refractivity contribution in [3.8, 4) is 5.88 Å². The first-order chi connectivity index (χ1) is 15.1. The first-order valence-electron chi connectivity index (χ1n) is 10.3. The topological polar surface area (TPSA) is 106 Å². The monoisotopic (exact) mass is 459 g/mol. The second-order valence-corrected chi connectivity index (χ2v) is 10.5. The van der Waals surface area contributed by atoms with Crippen molar-refractivity contribution in [1.82, 2.24) is 15.1 Å². The average Bonchev–Trinajstić information content (AvgIpc) is 3.04. The molecule has 2 aromatic carbocycles. The normalized spacial score (nSPS) is 13.7. The van der Waals surface area contributed by atoms with Crippen LogP contribution in [0.15, 0.2) is 48.5 Å². The number of methoxy groups -OCH3 is 1. The lowest BCUT2D eigenvalue weighted by Gasteiger charge is -2.24. The van der Waals surface area contributed by atoms with E-state index in [1.54, 1.807) is 21.0 Å². The Morgan fingerprint density at radius 3 is 2.56 bits per heavy atom. The number of nitrogens with zero attached hydrogens (tertiary/aromatic N) is 2. The number of hydrogen-bond donors (Lipinski definition) is 1. The van der Waals surface area contributed by atoms with Gasteiger partial charge in [-0.1, -0.05) is 36.4 Å². The highest BCUT2D eigenvalue weighted by atomic mass is 32.3. The minimum Gasteiger partial charge on any atom is -0.615 e. The van der Waals surface area contributed by atoms with E-state index in [9.17, 15) is 13.6 Å². The zero-order valence-electron chi connectivity index (χ0n) is 18.8. The third-order valence-corrected chi connectivity index (χ3v) is 5.87. The molecule has 3 aromatic rings. The maximum Gasteiger partial charge on any atom is 0.263 e. The van der Waals surface area contributed by atoms with E-state index in [2.05, 4.69) is 10.4 Å². The zero-order chi connectivity index (χ0) is 23.4. The summed E-state index contributed by atoms with van der Waals surface area (Å²) in [6.45, 7) is 4.26.